The quantitative estimate of drug-likeness (QED) is 0.752. The maximum absolute atomic E-state index is 12.8. The molecular formula is C18H29ClN2O3S. The van der Waals surface area contributed by atoms with Crippen molar-refractivity contribution in [1.82, 2.24) is 9.62 Å². The minimum atomic E-state index is -3.34. The highest BCUT2D eigenvalue weighted by molar-refractivity contribution is 7.88. The average Bonchev–Trinajstić information content (AvgIpc) is 2.49. The molecule has 5 aliphatic rings. The Morgan fingerprint density at radius 1 is 1.20 bits per heavy atom. The molecule has 4 saturated carbocycles. The van der Waals surface area contributed by atoms with E-state index in [0.29, 0.717) is 31.3 Å². The molecule has 4 bridgehead atoms. The zero-order valence-corrected chi connectivity index (χ0v) is 16.5. The summed E-state index contributed by atoms with van der Waals surface area (Å²) in [6.45, 7) is 1.11. The summed E-state index contributed by atoms with van der Waals surface area (Å²) in [5.41, 5.74) is 0.131. The van der Waals surface area contributed by atoms with Crippen molar-refractivity contribution in [1.29, 1.82) is 0 Å². The summed E-state index contributed by atoms with van der Waals surface area (Å²) in [4.78, 5) is 12.7. The van der Waals surface area contributed by atoms with Gasteiger partial charge in [0.2, 0.25) is 15.9 Å². The molecule has 1 saturated heterocycles. The molecular weight excluding hydrogens is 360 g/mol. The number of nitrogens with zero attached hydrogens (tertiary/aromatic N) is 1. The Kier molecular flexibility index (Phi) is 4.40. The molecule has 7 heteroatoms. The molecule has 1 aliphatic heterocycles. The van der Waals surface area contributed by atoms with Gasteiger partial charge in [-0.25, -0.2) is 8.42 Å². The number of halogens is 1. The van der Waals surface area contributed by atoms with Gasteiger partial charge in [-0.05, 0) is 68.6 Å². The molecule has 4 aliphatic carbocycles. The lowest BCUT2D eigenvalue weighted by molar-refractivity contribution is -0.127. The van der Waals surface area contributed by atoms with Gasteiger partial charge in [-0.2, -0.15) is 4.31 Å². The fraction of sp³-hybridized carbons (Fsp3) is 0.944. The molecule has 142 valence electrons. The van der Waals surface area contributed by atoms with Crippen molar-refractivity contribution in [3.05, 3.63) is 0 Å². The largest absolute Gasteiger partial charge is 0.354 e. The van der Waals surface area contributed by atoms with Crippen LogP contribution in [0.4, 0.5) is 0 Å². The second-order valence-electron chi connectivity index (χ2n) is 9.22. The first kappa shape index (κ1) is 18.1. The van der Waals surface area contributed by atoms with E-state index in [4.69, 9.17) is 11.6 Å². The van der Waals surface area contributed by atoms with Crippen LogP contribution in [0, 0.1) is 17.3 Å². The number of amides is 1. The van der Waals surface area contributed by atoms with E-state index in [1.807, 2.05) is 0 Å². The molecule has 0 radical (unpaired) electrons. The Hall–Kier alpha value is -0.330. The summed E-state index contributed by atoms with van der Waals surface area (Å²) in [6, 6.07) is -0.539. The monoisotopic (exact) mass is 388 g/mol. The maximum Gasteiger partial charge on any atom is 0.238 e. The molecule has 5 rings (SSSR count). The Balaban J connectivity index is 1.43. The molecule has 0 spiro atoms. The van der Waals surface area contributed by atoms with Gasteiger partial charge in [0.1, 0.15) is 6.04 Å². The molecule has 1 heterocycles. The van der Waals surface area contributed by atoms with E-state index in [0.717, 1.165) is 32.1 Å². The highest BCUT2D eigenvalue weighted by atomic mass is 35.5. The van der Waals surface area contributed by atoms with Crippen LogP contribution >= 0.6 is 11.6 Å². The van der Waals surface area contributed by atoms with Gasteiger partial charge >= 0.3 is 0 Å². The lowest BCUT2D eigenvalue weighted by Crippen LogP contribution is -2.58. The summed E-state index contributed by atoms with van der Waals surface area (Å²) in [5.74, 6) is 1.29. The third-order valence-corrected chi connectivity index (χ3v) is 8.66. The Morgan fingerprint density at radius 3 is 2.48 bits per heavy atom. The van der Waals surface area contributed by atoms with Crippen molar-refractivity contribution in [2.45, 2.75) is 68.7 Å². The molecule has 1 amide bonds. The van der Waals surface area contributed by atoms with Crippen molar-refractivity contribution < 1.29 is 13.2 Å². The second kappa shape index (κ2) is 6.10. The van der Waals surface area contributed by atoms with E-state index >= 15 is 0 Å². The number of hydrogen-bond acceptors (Lipinski definition) is 3. The minimum absolute atomic E-state index is 0.0571. The number of piperidine rings is 1. The molecule has 5 nitrogen and oxygen atoms in total. The van der Waals surface area contributed by atoms with E-state index in [-0.39, 0.29) is 16.2 Å². The van der Waals surface area contributed by atoms with Crippen molar-refractivity contribution in [3.8, 4) is 0 Å². The predicted molar refractivity (Wildman–Crippen MR) is 97.9 cm³/mol. The molecule has 0 aromatic rings. The van der Waals surface area contributed by atoms with Crippen LogP contribution in [0.15, 0.2) is 0 Å². The van der Waals surface area contributed by atoms with E-state index in [1.54, 1.807) is 0 Å². The minimum Gasteiger partial charge on any atom is -0.354 e. The van der Waals surface area contributed by atoms with Gasteiger partial charge in [-0.3, -0.25) is 4.79 Å². The van der Waals surface area contributed by atoms with Crippen molar-refractivity contribution in [3.63, 3.8) is 0 Å². The van der Waals surface area contributed by atoms with Crippen LogP contribution in [0.2, 0.25) is 0 Å². The van der Waals surface area contributed by atoms with Crippen LogP contribution in [0.1, 0.15) is 57.8 Å². The Morgan fingerprint density at radius 2 is 1.88 bits per heavy atom. The van der Waals surface area contributed by atoms with Gasteiger partial charge in [-0.15, -0.1) is 11.6 Å². The molecule has 25 heavy (non-hydrogen) atoms. The fourth-order valence-electron chi connectivity index (χ4n) is 6.50. The number of sulfonamides is 1. The molecule has 0 aromatic carbocycles. The number of nitrogens with one attached hydrogen (secondary N) is 1. The van der Waals surface area contributed by atoms with Crippen LogP contribution in [0.3, 0.4) is 0 Å². The fourth-order valence-corrected chi connectivity index (χ4v) is 8.34. The SMILES string of the molecule is CS(=O)(=O)N1CCCC[C@H]1C(=O)NCC12C[C@H]3C[C@@H](CC(Cl)(C3)C1)C2. The highest BCUT2D eigenvalue weighted by Crippen LogP contribution is 2.63. The maximum atomic E-state index is 12.8. The summed E-state index contributed by atoms with van der Waals surface area (Å²) in [6.07, 6.45) is 10.5. The first-order chi connectivity index (χ1) is 11.7. The Labute approximate surface area is 155 Å². The molecule has 0 aromatic heterocycles. The molecule has 1 N–H and O–H groups in total. The first-order valence-electron chi connectivity index (χ1n) is 9.62. The van der Waals surface area contributed by atoms with Crippen molar-refractivity contribution in [2.75, 3.05) is 19.3 Å². The molecule has 0 unspecified atom stereocenters. The van der Waals surface area contributed by atoms with E-state index in [9.17, 15) is 13.2 Å². The van der Waals surface area contributed by atoms with Crippen LogP contribution in [-0.2, 0) is 14.8 Å². The topological polar surface area (TPSA) is 66.5 Å². The van der Waals surface area contributed by atoms with Gasteiger partial charge in [0.05, 0.1) is 6.26 Å². The van der Waals surface area contributed by atoms with Crippen LogP contribution in [0.5, 0.6) is 0 Å². The predicted octanol–water partition coefficient (Wildman–Crippen LogP) is 2.49. The number of hydrogen-bond donors (Lipinski definition) is 1. The van der Waals surface area contributed by atoms with Crippen molar-refractivity contribution in [2.24, 2.45) is 17.3 Å². The second-order valence-corrected chi connectivity index (χ2v) is 12.0. The number of alkyl halides is 1. The number of carbonyl (C=O) groups is 1. The smallest absolute Gasteiger partial charge is 0.238 e. The van der Waals surface area contributed by atoms with Gasteiger partial charge in [-0.1, -0.05) is 6.42 Å². The number of rotatable bonds is 4. The Bertz CT molecular complexity index is 651. The summed E-state index contributed by atoms with van der Waals surface area (Å²) < 4.78 is 25.4. The lowest BCUT2D eigenvalue weighted by atomic mass is 9.49. The van der Waals surface area contributed by atoms with E-state index < -0.39 is 16.1 Å². The van der Waals surface area contributed by atoms with E-state index in [2.05, 4.69) is 5.32 Å². The summed E-state index contributed by atoms with van der Waals surface area (Å²) >= 11 is 6.87. The normalized spacial score (nSPS) is 44.0. The van der Waals surface area contributed by atoms with E-state index in [1.165, 1.54) is 29.8 Å². The first-order valence-corrected chi connectivity index (χ1v) is 11.8. The van der Waals surface area contributed by atoms with Gasteiger partial charge in [0.15, 0.2) is 0 Å². The zero-order chi connectivity index (χ0) is 17.9. The van der Waals surface area contributed by atoms with Crippen LogP contribution in [-0.4, -0.2) is 48.9 Å². The van der Waals surface area contributed by atoms with Gasteiger partial charge in [0, 0.05) is 18.0 Å². The summed E-state index contributed by atoms with van der Waals surface area (Å²) in [7, 11) is -3.34. The van der Waals surface area contributed by atoms with Gasteiger partial charge in [0.25, 0.3) is 0 Å². The standard InChI is InChI=1S/C18H29ClN2O3S/c1-25(23,24)21-5-3-2-4-15(21)16(22)20-12-17-7-13-6-14(8-17)10-18(19,9-13)11-17/h13-15H,2-12H2,1H3,(H,20,22)/t13-,14-,15+,17?,18?/m1/s1. The number of carbonyl (C=O) groups excluding carboxylic acids is 1. The summed E-state index contributed by atoms with van der Waals surface area (Å²) in [5, 5.41) is 3.13. The zero-order valence-electron chi connectivity index (χ0n) is 15.0. The van der Waals surface area contributed by atoms with Gasteiger partial charge < -0.3 is 5.32 Å². The van der Waals surface area contributed by atoms with Crippen LogP contribution < -0.4 is 5.32 Å². The molecule has 5 fully saturated rings. The third-order valence-electron chi connectivity index (χ3n) is 6.93. The lowest BCUT2D eigenvalue weighted by Gasteiger charge is -2.60. The average molecular weight is 389 g/mol. The highest BCUT2D eigenvalue weighted by Gasteiger charge is 2.57. The van der Waals surface area contributed by atoms with Crippen molar-refractivity contribution >= 4 is 27.5 Å². The van der Waals surface area contributed by atoms with Crippen LogP contribution in [0.25, 0.3) is 0 Å². The molecule has 3 atom stereocenters. The third kappa shape index (κ3) is 3.46.